The van der Waals surface area contributed by atoms with Crippen molar-refractivity contribution in [1.29, 1.82) is 0 Å². The highest BCUT2D eigenvalue weighted by Gasteiger charge is 2.22. The Balaban J connectivity index is 0.00000225. The largest absolute Gasteiger partial charge is 0.306 e. The van der Waals surface area contributed by atoms with E-state index in [0.29, 0.717) is 5.13 Å². The third-order valence-electron chi connectivity index (χ3n) is 4.68. The van der Waals surface area contributed by atoms with Crippen molar-refractivity contribution in [3.8, 4) is 22.4 Å². The first-order valence-corrected chi connectivity index (χ1v) is 10.0. The minimum atomic E-state index is -0.0983. The standard InChI is InChI=1S/C21H22N4OS.ClH/c1-13-9-17(10-14(2)23-13)15-5-3-6-16(11-15)19-12-27-21(24-19)25-20(26)18-7-4-8-22-18;/h3,5-6,9-12,18,22H,4,7-8H2,1-2H3,(H,24,25,26);1H/t18-;/m0./s1. The summed E-state index contributed by atoms with van der Waals surface area (Å²) in [4.78, 5) is 21.3. The van der Waals surface area contributed by atoms with Crippen LogP contribution in [0.2, 0.25) is 0 Å². The van der Waals surface area contributed by atoms with E-state index in [2.05, 4.69) is 44.9 Å². The number of pyridine rings is 1. The highest BCUT2D eigenvalue weighted by atomic mass is 35.5. The lowest BCUT2D eigenvalue weighted by atomic mass is 10.0. The van der Waals surface area contributed by atoms with Gasteiger partial charge in [-0.3, -0.25) is 9.78 Å². The number of nitrogens with one attached hydrogen (secondary N) is 2. The number of anilines is 1. The SMILES string of the molecule is Cc1cc(-c2cccc(-c3csc(NC(=O)[C@@H]4CCCN4)n3)c2)cc(C)n1.Cl. The van der Waals surface area contributed by atoms with Gasteiger partial charge < -0.3 is 10.6 Å². The van der Waals surface area contributed by atoms with E-state index in [1.807, 2.05) is 31.4 Å². The predicted octanol–water partition coefficient (Wildman–Crippen LogP) is 4.60. The smallest absolute Gasteiger partial charge is 0.243 e. The van der Waals surface area contributed by atoms with Gasteiger partial charge in [0.05, 0.1) is 11.7 Å². The topological polar surface area (TPSA) is 66.9 Å². The van der Waals surface area contributed by atoms with Crippen molar-refractivity contribution in [2.75, 3.05) is 11.9 Å². The van der Waals surface area contributed by atoms with Gasteiger partial charge in [0.2, 0.25) is 5.91 Å². The summed E-state index contributed by atoms with van der Waals surface area (Å²) < 4.78 is 0. The monoisotopic (exact) mass is 414 g/mol. The van der Waals surface area contributed by atoms with Crippen LogP contribution in [0.25, 0.3) is 22.4 Å². The van der Waals surface area contributed by atoms with Gasteiger partial charge in [0.1, 0.15) is 0 Å². The Bertz CT molecular complexity index is 962. The first kappa shape index (κ1) is 20.5. The summed E-state index contributed by atoms with van der Waals surface area (Å²) in [7, 11) is 0. The van der Waals surface area contributed by atoms with Crippen molar-refractivity contribution < 1.29 is 4.79 Å². The van der Waals surface area contributed by atoms with Crippen LogP contribution in [-0.4, -0.2) is 28.5 Å². The van der Waals surface area contributed by atoms with Crippen LogP contribution in [0.4, 0.5) is 5.13 Å². The lowest BCUT2D eigenvalue weighted by molar-refractivity contribution is -0.117. The summed E-state index contributed by atoms with van der Waals surface area (Å²) in [6, 6.07) is 12.4. The number of hydrogen-bond acceptors (Lipinski definition) is 5. The Kier molecular flexibility index (Phi) is 6.44. The molecule has 0 unspecified atom stereocenters. The number of aryl methyl sites for hydroxylation is 2. The lowest BCUT2D eigenvalue weighted by Crippen LogP contribution is -2.35. The van der Waals surface area contributed by atoms with E-state index in [0.717, 1.165) is 53.2 Å². The summed E-state index contributed by atoms with van der Waals surface area (Å²) in [5, 5.41) is 8.77. The number of nitrogens with zero attached hydrogens (tertiary/aromatic N) is 2. The first-order chi connectivity index (χ1) is 13.1. The number of amides is 1. The third kappa shape index (κ3) is 4.58. The molecule has 0 saturated carbocycles. The molecule has 146 valence electrons. The zero-order valence-corrected chi connectivity index (χ0v) is 17.5. The van der Waals surface area contributed by atoms with Crippen molar-refractivity contribution in [3.05, 3.63) is 53.2 Å². The molecule has 3 heterocycles. The second-order valence-electron chi connectivity index (χ2n) is 6.90. The molecular formula is C21H23ClN4OS. The van der Waals surface area contributed by atoms with Gasteiger partial charge in [0.15, 0.2) is 5.13 Å². The predicted molar refractivity (Wildman–Crippen MR) is 117 cm³/mol. The van der Waals surface area contributed by atoms with E-state index in [-0.39, 0.29) is 24.4 Å². The number of carbonyl (C=O) groups is 1. The summed E-state index contributed by atoms with van der Waals surface area (Å²) in [6.45, 7) is 4.92. The second kappa shape index (κ2) is 8.82. The maximum absolute atomic E-state index is 12.3. The molecule has 1 aliphatic heterocycles. The maximum atomic E-state index is 12.3. The van der Waals surface area contributed by atoms with Crippen molar-refractivity contribution >= 4 is 34.8 Å². The average molecular weight is 415 g/mol. The van der Waals surface area contributed by atoms with Crippen LogP contribution in [0.15, 0.2) is 41.8 Å². The van der Waals surface area contributed by atoms with Gasteiger partial charge in [0, 0.05) is 22.3 Å². The number of rotatable bonds is 4. The van der Waals surface area contributed by atoms with Gasteiger partial charge in [-0.15, -0.1) is 23.7 Å². The molecule has 0 radical (unpaired) electrons. The second-order valence-corrected chi connectivity index (χ2v) is 7.75. The quantitative estimate of drug-likeness (QED) is 0.654. The van der Waals surface area contributed by atoms with Gasteiger partial charge in [-0.2, -0.15) is 0 Å². The molecule has 1 fully saturated rings. The highest BCUT2D eigenvalue weighted by Crippen LogP contribution is 2.29. The van der Waals surface area contributed by atoms with Gasteiger partial charge in [-0.1, -0.05) is 18.2 Å². The molecule has 7 heteroatoms. The fraction of sp³-hybridized carbons (Fsp3) is 0.286. The van der Waals surface area contributed by atoms with Crippen LogP contribution in [0.5, 0.6) is 0 Å². The number of halogens is 1. The minimum absolute atomic E-state index is 0. The van der Waals surface area contributed by atoms with E-state index in [1.54, 1.807) is 0 Å². The molecule has 2 aromatic heterocycles. The van der Waals surface area contributed by atoms with Gasteiger partial charge in [0.25, 0.3) is 0 Å². The first-order valence-electron chi connectivity index (χ1n) is 9.14. The Morgan fingerprint density at radius 3 is 2.57 bits per heavy atom. The van der Waals surface area contributed by atoms with Crippen molar-refractivity contribution in [1.82, 2.24) is 15.3 Å². The summed E-state index contributed by atoms with van der Waals surface area (Å²) >= 11 is 1.46. The molecule has 1 aromatic carbocycles. The molecule has 0 bridgehead atoms. The van der Waals surface area contributed by atoms with E-state index in [1.165, 1.54) is 11.3 Å². The molecule has 2 N–H and O–H groups in total. The zero-order chi connectivity index (χ0) is 18.8. The Labute approximate surface area is 175 Å². The van der Waals surface area contributed by atoms with E-state index in [9.17, 15) is 4.79 Å². The zero-order valence-electron chi connectivity index (χ0n) is 15.9. The van der Waals surface area contributed by atoms with Crippen LogP contribution in [-0.2, 0) is 4.79 Å². The van der Waals surface area contributed by atoms with Crippen LogP contribution < -0.4 is 10.6 Å². The number of carbonyl (C=O) groups excluding carboxylic acids is 1. The summed E-state index contributed by atoms with van der Waals surface area (Å²) in [5.41, 5.74) is 6.21. The van der Waals surface area contributed by atoms with Crippen LogP contribution in [0, 0.1) is 13.8 Å². The van der Waals surface area contributed by atoms with Crippen LogP contribution >= 0.6 is 23.7 Å². The molecular weight excluding hydrogens is 392 g/mol. The molecule has 3 aromatic rings. The molecule has 1 saturated heterocycles. The highest BCUT2D eigenvalue weighted by molar-refractivity contribution is 7.14. The number of thiazole rings is 1. The molecule has 1 amide bonds. The molecule has 28 heavy (non-hydrogen) atoms. The Hall–Kier alpha value is -2.28. The molecule has 1 atom stereocenters. The van der Waals surface area contributed by atoms with Crippen molar-refractivity contribution in [3.63, 3.8) is 0 Å². The van der Waals surface area contributed by atoms with Gasteiger partial charge in [-0.05, 0) is 62.6 Å². The van der Waals surface area contributed by atoms with Crippen LogP contribution in [0.1, 0.15) is 24.2 Å². The van der Waals surface area contributed by atoms with E-state index in [4.69, 9.17) is 0 Å². The Morgan fingerprint density at radius 2 is 1.86 bits per heavy atom. The summed E-state index contributed by atoms with van der Waals surface area (Å²) in [6.07, 6.45) is 1.93. The fourth-order valence-corrected chi connectivity index (χ4v) is 4.15. The maximum Gasteiger partial charge on any atom is 0.243 e. The van der Waals surface area contributed by atoms with Gasteiger partial charge in [-0.25, -0.2) is 4.98 Å². The number of benzene rings is 1. The molecule has 1 aliphatic rings. The van der Waals surface area contributed by atoms with Gasteiger partial charge >= 0.3 is 0 Å². The lowest BCUT2D eigenvalue weighted by Gasteiger charge is -2.08. The average Bonchev–Trinajstić information content (AvgIpc) is 3.33. The Morgan fingerprint density at radius 1 is 1.11 bits per heavy atom. The third-order valence-corrected chi connectivity index (χ3v) is 5.44. The summed E-state index contributed by atoms with van der Waals surface area (Å²) in [5.74, 6) is 0.00452. The number of aromatic nitrogens is 2. The van der Waals surface area contributed by atoms with E-state index < -0.39 is 0 Å². The molecule has 0 spiro atoms. The minimum Gasteiger partial charge on any atom is -0.306 e. The molecule has 0 aliphatic carbocycles. The molecule has 4 rings (SSSR count). The normalized spacial score (nSPS) is 15.9. The fourth-order valence-electron chi connectivity index (χ4n) is 3.42. The molecule has 5 nitrogen and oxygen atoms in total. The van der Waals surface area contributed by atoms with Crippen molar-refractivity contribution in [2.45, 2.75) is 32.7 Å². The van der Waals surface area contributed by atoms with Crippen molar-refractivity contribution in [2.24, 2.45) is 0 Å². The number of hydrogen-bond donors (Lipinski definition) is 2. The van der Waals surface area contributed by atoms with E-state index >= 15 is 0 Å². The van der Waals surface area contributed by atoms with Crippen LogP contribution in [0.3, 0.4) is 0 Å².